The molecule has 8 heteroatoms. The number of aromatic nitrogens is 1. The van der Waals surface area contributed by atoms with Crippen molar-refractivity contribution in [2.24, 2.45) is 0 Å². The standard InChI is InChI=1S/C20H22F3N3O2/c1-14(11-26-8-7-20(22,23)13-26)25-19(27)16-5-6-18(24-10-16)28-12-15-3-2-4-17(21)9-15/h2-6,9-10,14H,7-8,11-13H2,1H3,(H,25,27). The average molecular weight is 393 g/mol. The first-order valence-corrected chi connectivity index (χ1v) is 9.05. The highest BCUT2D eigenvalue weighted by molar-refractivity contribution is 5.94. The molecular weight excluding hydrogens is 371 g/mol. The fraction of sp³-hybridized carbons (Fsp3) is 0.400. The van der Waals surface area contributed by atoms with Gasteiger partial charge in [-0.1, -0.05) is 12.1 Å². The maximum atomic E-state index is 13.2. The number of amides is 1. The van der Waals surface area contributed by atoms with Gasteiger partial charge in [0.2, 0.25) is 5.88 Å². The van der Waals surface area contributed by atoms with E-state index in [0.717, 1.165) is 0 Å². The van der Waals surface area contributed by atoms with Crippen LogP contribution in [0.1, 0.15) is 29.3 Å². The van der Waals surface area contributed by atoms with Gasteiger partial charge in [0.05, 0.1) is 12.1 Å². The van der Waals surface area contributed by atoms with Gasteiger partial charge in [-0.15, -0.1) is 0 Å². The number of pyridine rings is 1. The summed E-state index contributed by atoms with van der Waals surface area (Å²) < 4.78 is 45.1. The maximum absolute atomic E-state index is 13.2. The highest BCUT2D eigenvalue weighted by Gasteiger charge is 2.38. The molecule has 1 aromatic carbocycles. The van der Waals surface area contributed by atoms with E-state index >= 15 is 0 Å². The molecule has 2 heterocycles. The van der Waals surface area contributed by atoms with E-state index in [1.807, 2.05) is 0 Å². The molecule has 1 atom stereocenters. The Kier molecular flexibility index (Phi) is 6.18. The SMILES string of the molecule is CC(CN1CCC(F)(F)C1)NC(=O)c1ccc(OCc2cccc(F)c2)nc1. The second-order valence-electron chi connectivity index (χ2n) is 7.02. The second-order valence-corrected chi connectivity index (χ2v) is 7.02. The molecule has 0 spiro atoms. The molecule has 0 aliphatic carbocycles. The van der Waals surface area contributed by atoms with Crippen LogP contribution >= 0.6 is 0 Å². The minimum atomic E-state index is -2.64. The Morgan fingerprint density at radius 3 is 2.82 bits per heavy atom. The van der Waals surface area contributed by atoms with Crippen molar-refractivity contribution >= 4 is 5.91 Å². The predicted octanol–water partition coefficient (Wildman–Crippen LogP) is 3.26. The number of nitrogens with zero attached hydrogens (tertiary/aromatic N) is 2. The van der Waals surface area contributed by atoms with Crippen molar-refractivity contribution in [3.63, 3.8) is 0 Å². The number of benzene rings is 1. The molecular formula is C20H22F3N3O2. The topological polar surface area (TPSA) is 54.5 Å². The molecule has 1 fully saturated rings. The molecule has 5 nitrogen and oxygen atoms in total. The predicted molar refractivity (Wildman–Crippen MR) is 97.9 cm³/mol. The van der Waals surface area contributed by atoms with Crippen molar-refractivity contribution < 1.29 is 22.7 Å². The third-order valence-corrected chi connectivity index (χ3v) is 4.43. The number of ether oxygens (including phenoxy) is 1. The quantitative estimate of drug-likeness (QED) is 0.785. The van der Waals surface area contributed by atoms with E-state index in [2.05, 4.69) is 10.3 Å². The van der Waals surface area contributed by atoms with E-state index < -0.39 is 5.92 Å². The lowest BCUT2D eigenvalue weighted by Crippen LogP contribution is -2.41. The minimum Gasteiger partial charge on any atom is -0.473 e. The molecule has 1 aromatic heterocycles. The highest BCUT2D eigenvalue weighted by Crippen LogP contribution is 2.26. The molecule has 1 unspecified atom stereocenters. The summed E-state index contributed by atoms with van der Waals surface area (Å²) in [6, 6.07) is 8.91. The van der Waals surface area contributed by atoms with E-state index in [-0.39, 0.29) is 37.3 Å². The molecule has 28 heavy (non-hydrogen) atoms. The molecule has 1 aliphatic rings. The van der Waals surface area contributed by atoms with Gasteiger partial charge in [0.15, 0.2) is 0 Å². The Labute approximate surface area is 161 Å². The summed E-state index contributed by atoms with van der Waals surface area (Å²) in [5.74, 6) is -3.00. The van der Waals surface area contributed by atoms with Crippen molar-refractivity contribution in [1.29, 1.82) is 0 Å². The Balaban J connectivity index is 1.48. The van der Waals surface area contributed by atoms with Gasteiger partial charge in [0.1, 0.15) is 12.4 Å². The lowest BCUT2D eigenvalue weighted by atomic mass is 10.2. The van der Waals surface area contributed by atoms with Crippen LogP contribution in [-0.4, -0.2) is 47.4 Å². The Morgan fingerprint density at radius 1 is 1.36 bits per heavy atom. The van der Waals surface area contributed by atoms with Gasteiger partial charge in [-0.05, 0) is 30.7 Å². The number of carbonyl (C=O) groups is 1. The fourth-order valence-corrected chi connectivity index (χ4v) is 3.09. The molecule has 1 saturated heterocycles. The number of carbonyl (C=O) groups excluding carboxylic acids is 1. The van der Waals surface area contributed by atoms with Crippen LogP contribution in [0, 0.1) is 5.82 Å². The van der Waals surface area contributed by atoms with E-state index in [4.69, 9.17) is 4.74 Å². The van der Waals surface area contributed by atoms with E-state index in [0.29, 0.717) is 30.1 Å². The van der Waals surface area contributed by atoms with Gasteiger partial charge >= 0.3 is 0 Å². The van der Waals surface area contributed by atoms with Crippen LogP contribution < -0.4 is 10.1 Å². The zero-order chi connectivity index (χ0) is 20.1. The normalized spacial score (nSPS) is 17.3. The van der Waals surface area contributed by atoms with Crippen molar-refractivity contribution in [2.75, 3.05) is 19.6 Å². The molecule has 0 saturated carbocycles. The molecule has 2 aromatic rings. The monoisotopic (exact) mass is 393 g/mol. The number of hydrogen-bond donors (Lipinski definition) is 1. The van der Waals surface area contributed by atoms with Crippen LogP contribution in [0.15, 0.2) is 42.6 Å². The number of alkyl halides is 2. The lowest BCUT2D eigenvalue weighted by Gasteiger charge is -2.21. The van der Waals surface area contributed by atoms with Gasteiger partial charge in [0, 0.05) is 37.8 Å². The molecule has 0 radical (unpaired) electrons. The van der Waals surface area contributed by atoms with Crippen molar-refractivity contribution in [3.05, 3.63) is 59.5 Å². The van der Waals surface area contributed by atoms with Crippen molar-refractivity contribution in [1.82, 2.24) is 15.2 Å². The first-order valence-electron chi connectivity index (χ1n) is 9.05. The summed E-state index contributed by atoms with van der Waals surface area (Å²) >= 11 is 0. The fourth-order valence-electron chi connectivity index (χ4n) is 3.09. The summed E-state index contributed by atoms with van der Waals surface area (Å²) in [5.41, 5.74) is 1.02. The number of nitrogens with one attached hydrogen (secondary N) is 1. The summed E-state index contributed by atoms with van der Waals surface area (Å²) in [6.45, 7) is 2.36. The van der Waals surface area contributed by atoms with Gasteiger partial charge in [-0.3, -0.25) is 9.69 Å². The van der Waals surface area contributed by atoms with E-state index in [9.17, 15) is 18.0 Å². The number of hydrogen-bond acceptors (Lipinski definition) is 4. The van der Waals surface area contributed by atoms with Crippen molar-refractivity contribution in [2.45, 2.75) is 31.9 Å². The van der Waals surface area contributed by atoms with Gasteiger partial charge < -0.3 is 10.1 Å². The number of halogens is 3. The average Bonchev–Trinajstić information content (AvgIpc) is 2.98. The van der Waals surface area contributed by atoms with Crippen molar-refractivity contribution in [3.8, 4) is 5.88 Å². The minimum absolute atomic E-state index is 0.144. The van der Waals surface area contributed by atoms with Crippen LogP contribution in [0.2, 0.25) is 0 Å². The van der Waals surface area contributed by atoms with Crippen LogP contribution in [0.4, 0.5) is 13.2 Å². The second kappa shape index (κ2) is 8.60. The van der Waals surface area contributed by atoms with E-state index in [1.165, 1.54) is 18.3 Å². The molecule has 1 N–H and O–H groups in total. The Morgan fingerprint density at radius 2 is 2.18 bits per heavy atom. The maximum Gasteiger partial charge on any atom is 0.261 e. The summed E-state index contributed by atoms with van der Waals surface area (Å²) in [7, 11) is 0. The summed E-state index contributed by atoms with van der Waals surface area (Å²) in [4.78, 5) is 18.0. The van der Waals surface area contributed by atoms with Crippen LogP contribution in [-0.2, 0) is 6.61 Å². The smallest absolute Gasteiger partial charge is 0.261 e. The van der Waals surface area contributed by atoms with Crippen LogP contribution in [0.5, 0.6) is 5.88 Å². The third-order valence-electron chi connectivity index (χ3n) is 4.43. The largest absolute Gasteiger partial charge is 0.473 e. The summed E-state index contributed by atoms with van der Waals surface area (Å²) in [6.07, 6.45) is 1.24. The number of rotatable bonds is 7. The first-order chi connectivity index (χ1) is 13.3. The molecule has 3 rings (SSSR count). The first kappa shape index (κ1) is 20.1. The van der Waals surface area contributed by atoms with Crippen LogP contribution in [0.3, 0.4) is 0 Å². The van der Waals surface area contributed by atoms with Gasteiger partial charge in [-0.25, -0.2) is 18.2 Å². The van der Waals surface area contributed by atoms with Gasteiger partial charge in [0.25, 0.3) is 11.8 Å². The molecule has 150 valence electrons. The summed E-state index contributed by atoms with van der Waals surface area (Å²) in [5, 5.41) is 2.79. The lowest BCUT2D eigenvalue weighted by molar-refractivity contribution is 0.0117. The van der Waals surface area contributed by atoms with Gasteiger partial charge in [-0.2, -0.15) is 0 Å². The van der Waals surface area contributed by atoms with E-state index in [1.54, 1.807) is 36.1 Å². The van der Waals surface area contributed by atoms with Crippen LogP contribution in [0.25, 0.3) is 0 Å². The Hall–Kier alpha value is -2.61. The number of likely N-dealkylation sites (tertiary alicyclic amines) is 1. The third kappa shape index (κ3) is 5.69. The zero-order valence-electron chi connectivity index (χ0n) is 15.5. The molecule has 1 aliphatic heterocycles. The molecule has 1 amide bonds. The Bertz CT molecular complexity index is 815. The molecule has 0 bridgehead atoms. The highest BCUT2D eigenvalue weighted by atomic mass is 19.3. The zero-order valence-corrected chi connectivity index (χ0v) is 15.5.